The van der Waals surface area contributed by atoms with Gasteiger partial charge in [0.25, 0.3) is 11.3 Å². The molecule has 0 fully saturated rings. The van der Waals surface area contributed by atoms with E-state index in [1.54, 1.807) is 38.6 Å². The molecule has 4 rings (SSSR count). The van der Waals surface area contributed by atoms with Gasteiger partial charge in [0.15, 0.2) is 0 Å². The van der Waals surface area contributed by atoms with Crippen molar-refractivity contribution in [3.8, 4) is 16.9 Å². The fraction of sp³-hybridized carbons (Fsp3) is 0.0909. The van der Waals surface area contributed by atoms with Gasteiger partial charge in [0.05, 0.1) is 18.3 Å². The second kappa shape index (κ2) is 8.48. The summed E-state index contributed by atoms with van der Waals surface area (Å²) in [7, 11) is 3.19. The van der Waals surface area contributed by atoms with E-state index in [1.165, 1.54) is 4.31 Å². The van der Waals surface area contributed by atoms with Crippen LogP contribution in [0.3, 0.4) is 0 Å². The minimum atomic E-state index is -2.10. The van der Waals surface area contributed by atoms with Crippen molar-refractivity contribution in [3.05, 3.63) is 72.9 Å². The Morgan fingerprint density at radius 1 is 1.07 bits per heavy atom. The van der Waals surface area contributed by atoms with Gasteiger partial charge in [-0.3, -0.25) is 8.86 Å². The van der Waals surface area contributed by atoms with E-state index in [0.29, 0.717) is 17.3 Å². The summed E-state index contributed by atoms with van der Waals surface area (Å²) >= 11 is -2.10. The highest BCUT2D eigenvalue weighted by Crippen LogP contribution is 2.29. The van der Waals surface area contributed by atoms with Crippen LogP contribution in [0.1, 0.15) is 0 Å². The van der Waals surface area contributed by atoms with Gasteiger partial charge < -0.3 is 10.1 Å². The SMILES string of the molecule is COc1ccc(-c2cccc3cnc(Nc4cccc(N(C)S(=O)O)c4)nc23)cc1. The summed E-state index contributed by atoms with van der Waals surface area (Å²) in [4.78, 5) is 9.13. The molecule has 0 aliphatic carbocycles. The van der Waals surface area contributed by atoms with Crippen LogP contribution in [0.5, 0.6) is 5.75 Å². The van der Waals surface area contributed by atoms with Gasteiger partial charge in [-0.25, -0.2) is 14.2 Å². The lowest BCUT2D eigenvalue weighted by Gasteiger charge is -2.15. The van der Waals surface area contributed by atoms with Crippen LogP contribution in [-0.2, 0) is 11.3 Å². The summed E-state index contributed by atoms with van der Waals surface area (Å²) in [6, 6.07) is 21.0. The highest BCUT2D eigenvalue weighted by atomic mass is 32.2. The lowest BCUT2D eigenvalue weighted by molar-refractivity contribution is 0.415. The summed E-state index contributed by atoms with van der Waals surface area (Å²) in [5.74, 6) is 1.23. The van der Waals surface area contributed by atoms with Crippen LogP contribution in [0.4, 0.5) is 17.3 Å². The van der Waals surface area contributed by atoms with Gasteiger partial charge in [-0.1, -0.05) is 36.4 Å². The van der Waals surface area contributed by atoms with Crippen molar-refractivity contribution < 1.29 is 13.5 Å². The van der Waals surface area contributed by atoms with Crippen LogP contribution in [0.2, 0.25) is 0 Å². The molecule has 152 valence electrons. The van der Waals surface area contributed by atoms with Crippen LogP contribution < -0.4 is 14.4 Å². The number of nitrogens with zero attached hydrogens (tertiary/aromatic N) is 3. The molecule has 4 aromatic rings. The van der Waals surface area contributed by atoms with E-state index in [9.17, 15) is 8.76 Å². The molecule has 1 unspecified atom stereocenters. The van der Waals surface area contributed by atoms with E-state index in [4.69, 9.17) is 9.72 Å². The second-order valence-corrected chi connectivity index (χ2v) is 7.58. The first-order chi connectivity index (χ1) is 14.5. The molecule has 0 spiro atoms. The Kier molecular flexibility index (Phi) is 5.60. The van der Waals surface area contributed by atoms with Gasteiger partial charge in [-0.15, -0.1) is 0 Å². The predicted molar refractivity (Wildman–Crippen MR) is 120 cm³/mol. The molecule has 0 amide bonds. The third kappa shape index (κ3) is 4.10. The first kappa shape index (κ1) is 19.8. The van der Waals surface area contributed by atoms with Crippen molar-refractivity contribution >= 4 is 39.5 Å². The molecule has 2 N–H and O–H groups in total. The number of nitrogens with one attached hydrogen (secondary N) is 1. The largest absolute Gasteiger partial charge is 0.497 e. The van der Waals surface area contributed by atoms with Crippen molar-refractivity contribution in [1.82, 2.24) is 9.97 Å². The van der Waals surface area contributed by atoms with Crippen LogP contribution in [0.15, 0.2) is 72.9 Å². The quantitative estimate of drug-likeness (QED) is 0.443. The van der Waals surface area contributed by atoms with Crippen molar-refractivity contribution in [2.75, 3.05) is 23.8 Å². The van der Waals surface area contributed by atoms with Crippen LogP contribution >= 0.6 is 0 Å². The maximum Gasteiger partial charge on any atom is 0.261 e. The molecule has 1 heterocycles. The molecule has 0 radical (unpaired) electrons. The zero-order valence-electron chi connectivity index (χ0n) is 16.4. The fourth-order valence-electron chi connectivity index (χ4n) is 3.12. The fourth-order valence-corrected chi connectivity index (χ4v) is 3.41. The lowest BCUT2D eigenvalue weighted by atomic mass is 10.0. The molecular formula is C22H20N4O3S. The maximum atomic E-state index is 11.3. The number of fused-ring (bicyclic) bond motifs is 1. The van der Waals surface area contributed by atoms with E-state index < -0.39 is 11.3 Å². The molecule has 3 aromatic carbocycles. The van der Waals surface area contributed by atoms with Crippen LogP contribution in [0, 0.1) is 0 Å². The molecule has 0 saturated carbocycles. The molecule has 1 atom stereocenters. The molecule has 0 bridgehead atoms. The van der Waals surface area contributed by atoms with E-state index in [2.05, 4.69) is 10.3 Å². The van der Waals surface area contributed by atoms with Gasteiger partial charge >= 0.3 is 0 Å². The monoisotopic (exact) mass is 420 g/mol. The minimum absolute atomic E-state index is 0.438. The molecule has 30 heavy (non-hydrogen) atoms. The number of hydrogen-bond acceptors (Lipinski definition) is 5. The highest BCUT2D eigenvalue weighted by Gasteiger charge is 2.10. The van der Waals surface area contributed by atoms with Gasteiger partial charge in [0.2, 0.25) is 5.95 Å². The number of benzene rings is 3. The molecule has 7 nitrogen and oxygen atoms in total. The van der Waals surface area contributed by atoms with E-state index in [0.717, 1.165) is 27.8 Å². The molecule has 1 aromatic heterocycles. The Morgan fingerprint density at radius 2 is 1.83 bits per heavy atom. The van der Waals surface area contributed by atoms with E-state index >= 15 is 0 Å². The standard InChI is InChI=1S/C22H20N4O3S/c1-26(30(27)28)18-7-4-6-17(13-18)24-22-23-14-16-5-3-8-20(21(16)25-22)15-9-11-19(29-2)12-10-15/h3-14H,1-2H3,(H,27,28)(H,23,24,25). The number of rotatable bonds is 6. The van der Waals surface area contributed by atoms with E-state index in [-0.39, 0.29) is 0 Å². The number of ether oxygens (including phenoxy) is 1. The first-order valence-electron chi connectivity index (χ1n) is 9.17. The Balaban J connectivity index is 1.69. The highest BCUT2D eigenvalue weighted by molar-refractivity contribution is 7.80. The smallest absolute Gasteiger partial charge is 0.261 e. The summed E-state index contributed by atoms with van der Waals surface area (Å²) in [5, 5.41) is 4.11. The normalized spacial score (nSPS) is 11.8. The van der Waals surface area contributed by atoms with Gasteiger partial charge in [0, 0.05) is 29.9 Å². The summed E-state index contributed by atoms with van der Waals surface area (Å²) in [5.41, 5.74) is 4.15. The number of anilines is 3. The summed E-state index contributed by atoms with van der Waals surface area (Å²) in [6.45, 7) is 0. The average Bonchev–Trinajstić information content (AvgIpc) is 2.78. The zero-order chi connectivity index (χ0) is 21.1. The molecule has 8 heteroatoms. The Morgan fingerprint density at radius 3 is 2.57 bits per heavy atom. The predicted octanol–water partition coefficient (Wildman–Crippen LogP) is 4.62. The van der Waals surface area contributed by atoms with Crippen molar-refractivity contribution in [2.45, 2.75) is 0 Å². The topological polar surface area (TPSA) is 87.6 Å². The van der Waals surface area contributed by atoms with Crippen molar-refractivity contribution in [2.24, 2.45) is 0 Å². The maximum absolute atomic E-state index is 11.3. The van der Waals surface area contributed by atoms with Crippen molar-refractivity contribution in [1.29, 1.82) is 0 Å². The second-order valence-electron chi connectivity index (χ2n) is 6.57. The lowest BCUT2D eigenvalue weighted by Crippen LogP contribution is -2.19. The Bertz CT molecular complexity index is 1210. The Hall–Kier alpha value is -3.49. The van der Waals surface area contributed by atoms with Gasteiger partial charge in [-0.2, -0.15) is 0 Å². The third-order valence-electron chi connectivity index (χ3n) is 4.71. The van der Waals surface area contributed by atoms with Crippen LogP contribution in [0.25, 0.3) is 22.0 Å². The van der Waals surface area contributed by atoms with Gasteiger partial charge in [-0.05, 0) is 35.9 Å². The van der Waals surface area contributed by atoms with E-state index in [1.807, 2.05) is 48.5 Å². The molecule has 0 saturated heterocycles. The van der Waals surface area contributed by atoms with Crippen LogP contribution in [-0.4, -0.2) is 32.9 Å². The Labute approximate surface area is 176 Å². The minimum Gasteiger partial charge on any atom is -0.497 e. The molecular weight excluding hydrogens is 400 g/mol. The average molecular weight is 420 g/mol. The number of methoxy groups -OCH3 is 1. The summed E-state index contributed by atoms with van der Waals surface area (Å²) in [6.07, 6.45) is 1.77. The number of hydrogen-bond donors (Lipinski definition) is 2. The molecule has 0 aliphatic heterocycles. The van der Waals surface area contributed by atoms with Gasteiger partial charge in [0.1, 0.15) is 5.75 Å². The zero-order valence-corrected chi connectivity index (χ0v) is 17.3. The summed E-state index contributed by atoms with van der Waals surface area (Å²) < 4.78 is 27.1. The number of aromatic nitrogens is 2. The first-order valence-corrected chi connectivity index (χ1v) is 10.2. The molecule has 0 aliphatic rings. The van der Waals surface area contributed by atoms with Crippen molar-refractivity contribution in [3.63, 3.8) is 0 Å². The number of para-hydroxylation sites is 1. The third-order valence-corrected chi connectivity index (χ3v) is 5.39.